The molecular formula is C20H38N2. The van der Waals surface area contributed by atoms with Crippen LogP contribution >= 0.6 is 0 Å². The molecule has 0 saturated carbocycles. The van der Waals surface area contributed by atoms with Crippen LogP contribution < -0.4 is 0 Å². The normalized spacial score (nSPS) is 14.4. The maximum absolute atomic E-state index is 5.06. The number of hydrogen-bond donors (Lipinski definition) is 1. The van der Waals surface area contributed by atoms with Gasteiger partial charge in [0, 0.05) is 22.4 Å². The average Bonchev–Trinajstić information content (AvgIpc) is 2.93. The highest BCUT2D eigenvalue weighted by Gasteiger charge is 2.33. The molecule has 0 aliphatic rings. The topological polar surface area (TPSA) is 28.7 Å². The van der Waals surface area contributed by atoms with Gasteiger partial charge in [-0.2, -0.15) is 0 Å². The van der Waals surface area contributed by atoms with Crippen LogP contribution in [0.15, 0.2) is 0 Å². The molecule has 1 rings (SSSR count). The van der Waals surface area contributed by atoms with E-state index in [1.165, 1.54) is 42.9 Å². The Labute approximate surface area is 138 Å². The maximum atomic E-state index is 5.06. The van der Waals surface area contributed by atoms with Gasteiger partial charge in [0.25, 0.3) is 0 Å². The highest BCUT2D eigenvalue weighted by atomic mass is 15.0. The van der Waals surface area contributed by atoms with Gasteiger partial charge in [0.05, 0.1) is 5.69 Å². The van der Waals surface area contributed by atoms with Crippen molar-refractivity contribution in [2.45, 2.75) is 111 Å². The van der Waals surface area contributed by atoms with E-state index in [2.05, 4.69) is 60.4 Å². The van der Waals surface area contributed by atoms with Gasteiger partial charge in [-0.15, -0.1) is 0 Å². The second-order valence-electron chi connectivity index (χ2n) is 8.23. The van der Waals surface area contributed by atoms with Gasteiger partial charge >= 0.3 is 0 Å². The molecule has 0 bridgehead atoms. The van der Waals surface area contributed by atoms with Crippen LogP contribution in [0.3, 0.4) is 0 Å². The van der Waals surface area contributed by atoms with Crippen molar-refractivity contribution in [3.05, 3.63) is 17.2 Å². The van der Waals surface area contributed by atoms with Crippen molar-refractivity contribution in [1.82, 2.24) is 9.97 Å². The molecule has 128 valence electrons. The Bertz CT molecular complexity index is 454. The Kier molecular flexibility index (Phi) is 6.70. The Morgan fingerprint density at radius 2 is 1.64 bits per heavy atom. The zero-order valence-corrected chi connectivity index (χ0v) is 16.3. The molecule has 1 aromatic heterocycles. The molecule has 1 N–H and O–H groups in total. The van der Waals surface area contributed by atoms with E-state index >= 15 is 0 Å². The average molecular weight is 307 g/mol. The highest BCUT2D eigenvalue weighted by molar-refractivity contribution is 5.30. The number of nitrogens with one attached hydrogen (secondary N) is 1. The number of nitrogens with zero attached hydrogens (tertiary/aromatic N) is 1. The lowest BCUT2D eigenvalue weighted by Gasteiger charge is -2.30. The fourth-order valence-corrected chi connectivity index (χ4v) is 2.91. The third kappa shape index (κ3) is 4.36. The van der Waals surface area contributed by atoms with Crippen LogP contribution in [0.2, 0.25) is 0 Å². The van der Waals surface area contributed by atoms with Crippen molar-refractivity contribution < 1.29 is 0 Å². The molecular weight excluding hydrogens is 268 g/mol. The third-order valence-corrected chi connectivity index (χ3v) is 5.41. The van der Waals surface area contributed by atoms with Crippen LogP contribution in [-0.4, -0.2) is 9.97 Å². The van der Waals surface area contributed by atoms with Gasteiger partial charge in [-0.1, -0.05) is 74.7 Å². The number of rotatable bonds is 9. The van der Waals surface area contributed by atoms with E-state index in [-0.39, 0.29) is 10.8 Å². The number of hydrogen-bond acceptors (Lipinski definition) is 1. The first-order valence-corrected chi connectivity index (χ1v) is 9.30. The van der Waals surface area contributed by atoms with E-state index in [0.29, 0.717) is 5.92 Å². The van der Waals surface area contributed by atoms with Crippen molar-refractivity contribution in [1.29, 1.82) is 0 Å². The van der Waals surface area contributed by atoms with Crippen LogP contribution in [-0.2, 0) is 10.8 Å². The smallest absolute Gasteiger partial charge is 0.109 e. The molecule has 0 aromatic carbocycles. The van der Waals surface area contributed by atoms with Crippen molar-refractivity contribution in [3.63, 3.8) is 0 Å². The Hall–Kier alpha value is -0.790. The lowest BCUT2D eigenvalue weighted by atomic mass is 9.76. The number of unbranched alkanes of at least 4 members (excludes halogenated alkanes) is 2. The molecule has 0 saturated heterocycles. The minimum Gasteiger partial charge on any atom is -0.345 e. The summed E-state index contributed by atoms with van der Waals surface area (Å²) in [5, 5.41) is 0. The molecule has 0 radical (unpaired) electrons. The van der Waals surface area contributed by atoms with Crippen LogP contribution in [0.5, 0.6) is 0 Å². The van der Waals surface area contributed by atoms with E-state index in [1.807, 2.05) is 0 Å². The zero-order chi connectivity index (χ0) is 17.0. The number of H-pyrrole nitrogens is 1. The van der Waals surface area contributed by atoms with E-state index in [1.54, 1.807) is 0 Å². The molecule has 1 atom stereocenters. The summed E-state index contributed by atoms with van der Waals surface area (Å²) in [7, 11) is 0. The Morgan fingerprint density at radius 3 is 2.14 bits per heavy atom. The van der Waals surface area contributed by atoms with E-state index in [0.717, 1.165) is 12.8 Å². The van der Waals surface area contributed by atoms with Crippen LogP contribution in [0, 0.1) is 0 Å². The standard InChI is InChI=1S/C20H38N2/c1-9-12-13-14-20(7,8)17-16(19(5,6)11-3)21-18(22-17)15(4)10-2/h15H,9-14H2,1-8H3,(H,21,22). The van der Waals surface area contributed by atoms with Gasteiger partial charge in [0.15, 0.2) is 0 Å². The lowest BCUT2D eigenvalue weighted by molar-refractivity contribution is 0.413. The van der Waals surface area contributed by atoms with Crippen molar-refractivity contribution in [2.75, 3.05) is 0 Å². The van der Waals surface area contributed by atoms with E-state index in [4.69, 9.17) is 4.98 Å². The molecule has 0 spiro atoms. The molecule has 0 fully saturated rings. The Morgan fingerprint density at radius 1 is 1.00 bits per heavy atom. The monoisotopic (exact) mass is 306 g/mol. The largest absolute Gasteiger partial charge is 0.345 e. The minimum atomic E-state index is 0.138. The van der Waals surface area contributed by atoms with Crippen LogP contribution in [0.1, 0.15) is 117 Å². The number of aromatic amines is 1. The summed E-state index contributed by atoms with van der Waals surface area (Å²) >= 11 is 0. The summed E-state index contributed by atoms with van der Waals surface area (Å²) in [5.41, 5.74) is 2.99. The van der Waals surface area contributed by atoms with Crippen LogP contribution in [0.4, 0.5) is 0 Å². The first kappa shape index (κ1) is 19.3. The molecule has 1 unspecified atom stereocenters. The fourth-order valence-electron chi connectivity index (χ4n) is 2.91. The molecule has 0 amide bonds. The molecule has 2 heteroatoms. The molecule has 2 nitrogen and oxygen atoms in total. The Balaban J connectivity index is 3.22. The van der Waals surface area contributed by atoms with Gasteiger partial charge in [-0.05, 0) is 19.3 Å². The predicted molar refractivity (Wildman–Crippen MR) is 97.8 cm³/mol. The van der Waals surface area contributed by atoms with Gasteiger partial charge in [-0.25, -0.2) is 4.98 Å². The maximum Gasteiger partial charge on any atom is 0.109 e. The van der Waals surface area contributed by atoms with Crippen molar-refractivity contribution in [3.8, 4) is 0 Å². The van der Waals surface area contributed by atoms with Crippen molar-refractivity contribution >= 4 is 0 Å². The second kappa shape index (κ2) is 7.66. The van der Waals surface area contributed by atoms with Gasteiger partial charge in [-0.3, -0.25) is 0 Å². The number of aromatic nitrogens is 2. The minimum absolute atomic E-state index is 0.138. The zero-order valence-electron chi connectivity index (χ0n) is 16.3. The summed E-state index contributed by atoms with van der Waals surface area (Å²) in [4.78, 5) is 8.79. The SMILES string of the molecule is CCCCCC(C)(C)c1[nH]c(C(C)CC)nc1C(C)(C)CC. The first-order chi connectivity index (χ1) is 10.2. The van der Waals surface area contributed by atoms with Crippen LogP contribution in [0.25, 0.3) is 0 Å². The lowest BCUT2D eigenvalue weighted by Crippen LogP contribution is -2.26. The summed E-state index contributed by atoms with van der Waals surface area (Å²) in [6, 6.07) is 0. The van der Waals surface area contributed by atoms with Gasteiger partial charge in [0.2, 0.25) is 0 Å². The summed E-state index contributed by atoms with van der Waals surface area (Å²) < 4.78 is 0. The van der Waals surface area contributed by atoms with E-state index < -0.39 is 0 Å². The molecule has 0 aliphatic carbocycles. The predicted octanol–water partition coefficient (Wildman–Crippen LogP) is 6.47. The summed E-state index contributed by atoms with van der Waals surface area (Å²) in [5.74, 6) is 1.68. The van der Waals surface area contributed by atoms with Crippen molar-refractivity contribution in [2.24, 2.45) is 0 Å². The fraction of sp³-hybridized carbons (Fsp3) is 0.850. The van der Waals surface area contributed by atoms with E-state index in [9.17, 15) is 0 Å². The number of imidazole rings is 1. The third-order valence-electron chi connectivity index (χ3n) is 5.41. The van der Waals surface area contributed by atoms with Gasteiger partial charge < -0.3 is 4.98 Å². The quantitative estimate of drug-likeness (QED) is 0.520. The molecule has 1 aromatic rings. The second-order valence-corrected chi connectivity index (χ2v) is 8.23. The first-order valence-electron chi connectivity index (χ1n) is 9.30. The highest BCUT2D eigenvalue weighted by Crippen LogP contribution is 2.38. The molecule has 22 heavy (non-hydrogen) atoms. The molecule has 0 aliphatic heterocycles. The van der Waals surface area contributed by atoms with Gasteiger partial charge in [0.1, 0.15) is 5.82 Å². The summed E-state index contributed by atoms with van der Waals surface area (Å²) in [6.45, 7) is 18.5. The molecule has 1 heterocycles. The summed E-state index contributed by atoms with van der Waals surface area (Å²) in [6.07, 6.45) is 7.39.